The molecule has 318 valence electrons. The van der Waals surface area contributed by atoms with Crippen LogP contribution in [0.3, 0.4) is 0 Å². The summed E-state index contributed by atoms with van der Waals surface area (Å²) in [6, 6.07) is 46.5. The Balaban J connectivity index is 0.930. The highest BCUT2D eigenvalue weighted by molar-refractivity contribution is 6.39. The van der Waals surface area contributed by atoms with Crippen molar-refractivity contribution in [1.29, 1.82) is 0 Å². The van der Waals surface area contributed by atoms with Gasteiger partial charge in [-0.1, -0.05) is 72.8 Å². The van der Waals surface area contributed by atoms with Gasteiger partial charge in [0.2, 0.25) is 0 Å². The zero-order chi connectivity index (χ0) is 42.2. The standard InChI is InChI=1S/C59H51N5O/c1-2-10-41(11-3-1)64-47-16-8-5-13-44(47)50-49-43-12-4-7-15-46(43)63(52(49)51-45-14-6-9-17-48(45)65-54(51)53(50)64)42-20-18-40(19-21-42)55-60-56(58-28-34-22-35(29-58)24-36(23-34)30-58)62-57(61-55)59-31-37-25-38(32-59)27-39(26-37)33-59/h1-21,34-39H,22-33H2. The molecular weight excluding hydrogens is 795 g/mol. The summed E-state index contributed by atoms with van der Waals surface area (Å²) in [6.45, 7) is 0. The maximum atomic E-state index is 7.07. The molecule has 0 unspecified atom stereocenters. The fourth-order valence-corrected chi connectivity index (χ4v) is 16.5. The number of para-hydroxylation sites is 4. The summed E-state index contributed by atoms with van der Waals surface area (Å²) in [5.41, 5.74) is 10.00. The van der Waals surface area contributed by atoms with E-state index in [4.69, 9.17) is 19.4 Å². The molecule has 18 rings (SSSR count). The van der Waals surface area contributed by atoms with Crippen molar-refractivity contribution in [3.05, 3.63) is 139 Å². The Morgan fingerprint density at radius 2 is 0.862 bits per heavy atom. The SMILES string of the molecule is c1ccc(-n2c3ccccc3c3c4c5ccccc5n(-c5ccc(-c6nc(C78CC9CC(CC(C9)C7)C8)nc(C78CC9CC(CC(C9)C7)C8)n6)cc5)c4c4c5ccccc5oc4c32)cc1. The summed E-state index contributed by atoms with van der Waals surface area (Å²) in [4.78, 5) is 17.0. The van der Waals surface area contributed by atoms with E-state index in [1.165, 1.54) is 115 Å². The second kappa shape index (κ2) is 12.7. The minimum absolute atomic E-state index is 0.111. The third-order valence-electron chi connectivity index (χ3n) is 18.1. The number of nitrogens with zero attached hydrogens (tertiary/aromatic N) is 5. The first kappa shape index (κ1) is 36.0. The van der Waals surface area contributed by atoms with Crippen LogP contribution in [0.2, 0.25) is 0 Å². The molecule has 0 N–H and O–H groups in total. The van der Waals surface area contributed by atoms with Gasteiger partial charge in [0, 0.05) is 54.7 Å². The van der Waals surface area contributed by atoms with Crippen molar-refractivity contribution >= 4 is 65.6 Å². The van der Waals surface area contributed by atoms with Crippen LogP contribution >= 0.6 is 0 Å². The zero-order valence-electron chi connectivity index (χ0n) is 36.7. The molecule has 8 bridgehead atoms. The number of hydrogen-bond acceptors (Lipinski definition) is 4. The van der Waals surface area contributed by atoms with Gasteiger partial charge >= 0.3 is 0 Å². The average Bonchev–Trinajstić information content (AvgIpc) is 3.99. The van der Waals surface area contributed by atoms with E-state index >= 15 is 0 Å². The highest BCUT2D eigenvalue weighted by Gasteiger charge is 2.56. The van der Waals surface area contributed by atoms with Gasteiger partial charge in [0.15, 0.2) is 11.4 Å². The van der Waals surface area contributed by atoms with Crippen molar-refractivity contribution < 1.29 is 4.42 Å². The van der Waals surface area contributed by atoms with E-state index in [9.17, 15) is 0 Å². The van der Waals surface area contributed by atoms with Crippen LogP contribution in [0.15, 0.2) is 132 Å². The van der Waals surface area contributed by atoms with Gasteiger partial charge in [0.05, 0.1) is 27.5 Å². The summed E-state index contributed by atoms with van der Waals surface area (Å²) >= 11 is 0. The first-order valence-electron chi connectivity index (χ1n) is 24.8. The van der Waals surface area contributed by atoms with Crippen LogP contribution in [0.1, 0.15) is 88.7 Å². The van der Waals surface area contributed by atoms with Crippen molar-refractivity contribution in [2.75, 3.05) is 0 Å². The maximum absolute atomic E-state index is 7.07. The van der Waals surface area contributed by atoms with Crippen molar-refractivity contribution in [2.45, 2.75) is 87.9 Å². The van der Waals surface area contributed by atoms with E-state index < -0.39 is 0 Å². The lowest BCUT2D eigenvalue weighted by Crippen LogP contribution is -2.51. The normalized spacial score (nSPS) is 28.9. The van der Waals surface area contributed by atoms with Gasteiger partial charge in [-0.05, 0) is 167 Å². The van der Waals surface area contributed by atoms with Crippen LogP contribution in [0.5, 0.6) is 0 Å². The summed E-state index contributed by atoms with van der Waals surface area (Å²) in [5, 5.41) is 7.19. The molecule has 8 aliphatic carbocycles. The molecule has 0 atom stereocenters. The molecule has 6 aromatic carbocycles. The fourth-order valence-electron chi connectivity index (χ4n) is 16.5. The Hall–Kier alpha value is -6.27. The topological polar surface area (TPSA) is 61.7 Å². The average molecular weight is 846 g/mol. The van der Waals surface area contributed by atoms with Gasteiger partial charge in [-0.15, -0.1) is 0 Å². The molecule has 0 radical (unpaired) electrons. The van der Waals surface area contributed by atoms with Crippen molar-refractivity contribution in [3.8, 4) is 22.8 Å². The van der Waals surface area contributed by atoms with Gasteiger partial charge < -0.3 is 13.6 Å². The van der Waals surface area contributed by atoms with E-state index in [0.29, 0.717) is 0 Å². The molecule has 8 saturated carbocycles. The second-order valence-electron chi connectivity index (χ2n) is 22.0. The van der Waals surface area contributed by atoms with Crippen LogP contribution in [0.25, 0.3) is 88.3 Å². The summed E-state index contributed by atoms with van der Waals surface area (Å²) < 4.78 is 12.0. The Morgan fingerprint density at radius 1 is 0.415 bits per heavy atom. The second-order valence-corrected chi connectivity index (χ2v) is 22.0. The van der Waals surface area contributed by atoms with Crippen molar-refractivity contribution in [1.82, 2.24) is 24.1 Å². The molecule has 0 aliphatic heterocycles. The summed E-state index contributed by atoms with van der Waals surface area (Å²) in [6.07, 6.45) is 16.1. The third-order valence-corrected chi connectivity index (χ3v) is 18.1. The predicted octanol–water partition coefficient (Wildman–Crippen LogP) is 14.6. The lowest BCUT2D eigenvalue weighted by atomic mass is 9.49. The first-order chi connectivity index (χ1) is 32.0. The van der Waals surface area contributed by atoms with Gasteiger partial charge in [-0.2, -0.15) is 0 Å². The molecule has 0 spiro atoms. The number of benzene rings is 6. The molecule has 4 aromatic heterocycles. The highest BCUT2D eigenvalue weighted by atomic mass is 16.3. The molecule has 6 nitrogen and oxygen atoms in total. The zero-order valence-corrected chi connectivity index (χ0v) is 36.7. The van der Waals surface area contributed by atoms with E-state index in [1.807, 2.05) is 0 Å². The van der Waals surface area contributed by atoms with Crippen molar-refractivity contribution in [2.24, 2.45) is 35.5 Å². The molecule has 0 amide bonds. The van der Waals surface area contributed by atoms with Crippen LogP contribution in [-0.2, 0) is 10.8 Å². The van der Waals surface area contributed by atoms with Crippen LogP contribution in [0.4, 0.5) is 0 Å². The fraction of sp³-hybridized carbons (Fsp3) is 0.339. The molecule has 8 fully saturated rings. The lowest BCUT2D eigenvalue weighted by Gasteiger charge is -2.57. The number of furan rings is 1. The predicted molar refractivity (Wildman–Crippen MR) is 261 cm³/mol. The molecule has 4 heterocycles. The minimum atomic E-state index is 0.111. The van der Waals surface area contributed by atoms with E-state index in [-0.39, 0.29) is 10.8 Å². The highest BCUT2D eigenvalue weighted by Crippen LogP contribution is 2.63. The number of hydrogen-bond donors (Lipinski definition) is 0. The summed E-state index contributed by atoms with van der Waals surface area (Å²) in [5.74, 6) is 8.21. The van der Waals surface area contributed by atoms with Crippen LogP contribution in [0, 0.1) is 35.5 Å². The summed E-state index contributed by atoms with van der Waals surface area (Å²) in [7, 11) is 0. The molecule has 0 saturated heterocycles. The van der Waals surface area contributed by atoms with Crippen LogP contribution < -0.4 is 0 Å². The molecular formula is C59H51N5O. The number of rotatable bonds is 5. The monoisotopic (exact) mass is 845 g/mol. The van der Waals surface area contributed by atoms with Gasteiger partial charge in [-0.25, -0.2) is 15.0 Å². The Morgan fingerprint density at radius 3 is 1.42 bits per heavy atom. The Labute approximate surface area is 377 Å². The smallest absolute Gasteiger partial charge is 0.163 e. The molecule has 65 heavy (non-hydrogen) atoms. The van der Waals surface area contributed by atoms with E-state index in [0.717, 1.165) is 97.4 Å². The van der Waals surface area contributed by atoms with Crippen molar-refractivity contribution in [3.63, 3.8) is 0 Å². The largest absolute Gasteiger partial charge is 0.454 e. The molecule has 6 heteroatoms. The van der Waals surface area contributed by atoms with Gasteiger partial charge in [0.25, 0.3) is 0 Å². The molecule has 8 aliphatic rings. The van der Waals surface area contributed by atoms with Crippen LogP contribution in [-0.4, -0.2) is 24.1 Å². The number of fused-ring (bicyclic) bond motifs is 12. The molecule has 10 aromatic rings. The quantitative estimate of drug-likeness (QED) is 0.173. The Kier molecular flexibility index (Phi) is 7.06. The lowest BCUT2D eigenvalue weighted by molar-refractivity contribution is -0.0155. The maximum Gasteiger partial charge on any atom is 0.163 e. The van der Waals surface area contributed by atoms with Gasteiger partial charge in [-0.3, -0.25) is 0 Å². The third kappa shape index (κ3) is 4.93. The number of aromatic nitrogens is 5. The van der Waals surface area contributed by atoms with Gasteiger partial charge in [0.1, 0.15) is 17.2 Å². The first-order valence-corrected chi connectivity index (χ1v) is 24.8. The van der Waals surface area contributed by atoms with E-state index in [2.05, 4.69) is 137 Å². The minimum Gasteiger partial charge on any atom is -0.454 e. The Bertz CT molecular complexity index is 3490. The van der Waals surface area contributed by atoms with E-state index in [1.54, 1.807) is 0 Å².